The number of nitrogens with zero attached hydrogens (tertiary/aromatic N) is 1. The Hall–Kier alpha value is -1.44. The molecular weight excluding hydrogens is 196 g/mol. The first kappa shape index (κ1) is 9.76. The van der Waals surface area contributed by atoms with Gasteiger partial charge in [-0.15, -0.1) is 0 Å². The van der Waals surface area contributed by atoms with Crippen molar-refractivity contribution in [1.82, 2.24) is 4.68 Å². The average Bonchev–Trinajstić information content (AvgIpc) is 2.96. The molecule has 0 aliphatic heterocycles. The van der Waals surface area contributed by atoms with Crippen LogP contribution in [0.4, 0.5) is 0 Å². The van der Waals surface area contributed by atoms with Crippen molar-refractivity contribution in [2.45, 2.75) is 25.7 Å². The van der Waals surface area contributed by atoms with Crippen molar-refractivity contribution in [3.8, 4) is 0 Å². The van der Waals surface area contributed by atoms with Crippen molar-refractivity contribution >= 4 is 10.9 Å². The summed E-state index contributed by atoms with van der Waals surface area (Å²) in [6, 6.07) is 10.7. The topological polar surface area (TPSA) is 17.0 Å². The van der Waals surface area contributed by atoms with Crippen molar-refractivity contribution < 1.29 is 0 Å². The third-order valence-corrected chi connectivity index (χ3v) is 3.62. The Bertz CT molecular complexity index is 466. The summed E-state index contributed by atoms with van der Waals surface area (Å²) in [5.41, 5.74) is 4.80. The molecule has 1 aromatic carbocycles. The van der Waals surface area contributed by atoms with E-state index in [-0.39, 0.29) is 0 Å². The molecule has 1 N–H and O–H groups in total. The fourth-order valence-electron chi connectivity index (χ4n) is 2.66. The zero-order chi connectivity index (χ0) is 10.8. The smallest absolute Gasteiger partial charge is 0.0692 e. The van der Waals surface area contributed by atoms with Crippen LogP contribution in [0.3, 0.4) is 0 Å². The first-order valence-electron chi connectivity index (χ1n) is 6.23. The molecule has 16 heavy (non-hydrogen) atoms. The quantitative estimate of drug-likeness (QED) is 0.828. The molecule has 3 rings (SSSR count). The van der Waals surface area contributed by atoms with Crippen LogP contribution in [0.25, 0.3) is 10.9 Å². The molecule has 0 amide bonds. The SMILES string of the molecule is c1ccc2c(c1)ccn2NCC1CCCC1. The molecule has 0 atom stereocenters. The van der Waals surface area contributed by atoms with Crippen LogP contribution in [0.1, 0.15) is 25.7 Å². The second-order valence-electron chi connectivity index (χ2n) is 4.76. The molecule has 2 heteroatoms. The van der Waals surface area contributed by atoms with Crippen molar-refractivity contribution in [3.63, 3.8) is 0 Å². The van der Waals surface area contributed by atoms with Crippen LogP contribution in [-0.4, -0.2) is 11.2 Å². The van der Waals surface area contributed by atoms with Gasteiger partial charge in [0.2, 0.25) is 0 Å². The van der Waals surface area contributed by atoms with E-state index >= 15 is 0 Å². The van der Waals surface area contributed by atoms with Gasteiger partial charge < -0.3 is 5.43 Å². The second-order valence-corrected chi connectivity index (χ2v) is 4.76. The van der Waals surface area contributed by atoms with Gasteiger partial charge in [-0.05, 0) is 30.9 Å². The third-order valence-electron chi connectivity index (χ3n) is 3.62. The van der Waals surface area contributed by atoms with E-state index in [0.29, 0.717) is 0 Å². The highest BCUT2D eigenvalue weighted by Crippen LogP contribution is 2.24. The first-order valence-corrected chi connectivity index (χ1v) is 6.23. The molecule has 2 nitrogen and oxygen atoms in total. The average molecular weight is 214 g/mol. The van der Waals surface area contributed by atoms with Gasteiger partial charge in [0.15, 0.2) is 0 Å². The number of para-hydroxylation sites is 1. The number of benzene rings is 1. The van der Waals surface area contributed by atoms with Gasteiger partial charge in [0.1, 0.15) is 0 Å². The van der Waals surface area contributed by atoms with E-state index in [0.717, 1.165) is 12.5 Å². The zero-order valence-corrected chi connectivity index (χ0v) is 9.52. The van der Waals surface area contributed by atoms with Crippen molar-refractivity contribution in [2.24, 2.45) is 5.92 Å². The van der Waals surface area contributed by atoms with Crippen LogP contribution in [0.5, 0.6) is 0 Å². The lowest BCUT2D eigenvalue weighted by atomic mass is 10.1. The summed E-state index contributed by atoms with van der Waals surface area (Å²) in [4.78, 5) is 0. The first-order chi connectivity index (χ1) is 7.93. The normalized spacial score (nSPS) is 17.0. The monoisotopic (exact) mass is 214 g/mol. The summed E-state index contributed by atoms with van der Waals surface area (Å²) in [5.74, 6) is 0.876. The molecule has 1 fully saturated rings. The largest absolute Gasteiger partial charge is 0.326 e. The fraction of sp³-hybridized carbons (Fsp3) is 0.429. The van der Waals surface area contributed by atoms with E-state index in [1.165, 1.54) is 36.6 Å². The van der Waals surface area contributed by atoms with E-state index in [9.17, 15) is 0 Å². The molecule has 0 saturated heterocycles. The van der Waals surface area contributed by atoms with E-state index in [1.54, 1.807) is 0 Å². The van der Waals surface area contributed by atoms with Gasteiger partial charge in [-0.2, -0.15) is 0 Å². The zero-order valence-electron chi connectivity index (χ0n) is 9.52. The highest BCUT2D eigenvalue weighted by Gasteiger charge is 2.14. The Morgan fingerprint density at radius 1 is 1.12 bits per heavy atom. The Morgan fingerprint density at radius 2 is 1.94 bits per heavy atom. The van der Waals surface area contributed by atoms with Gasteiger partial charge in [-0.1, -0.05) is 31.0 Å². The van der Waals surface area contributed by atoms with Gasteiger partial charge in [0.25, 0.3) is 0 Å². The number of hydrogen-bond acceptors (Lipinski definition) is 1. The molecule has 1 aromatic heterocycles. The molecule has 1 heterocycles. The Kier molecular flexibility index (Phi) is 2.56. The van der Waals surface area contributed by atoms with Crippen molar-refractivity contribution in [3.05, 3.63) is 36.5 Å². The minimum atomic E-state index is 0.876. The molecule has 1 saturated carbocycles. The minimum Gasteiger partial charge on any atom is -0.326 e. The van der Waals surface area contributed by atoms with Gasteiger partial charge >= 0.3 is 0 Å². The van der Waals surface area contributed by atoms with E-state index in [4.69, 9.17) is 0 Å². The Balaban J connectivity index is 1.73. The highest BCUT2D eigenvalue weighted by molar-refractivity contribution is 5.80. The van der Waals surface area contributed by atoms with Crippen LogP contribution in [0.15, 0.2) is 36.5 Å². The summed E-state index contributed by atoms with van der Waals surface area (Å²) < 4.78 is 2.16. The maximum absolute atomic E-state index is 3.53. The summed E-state index contributed by atoms with van der Waals surface area (Å²) in [6.07, 6.45) is 7.75. The summed E-state index contributed by atoms with van der Waals surface area (Å²) in [7, 11) is 0. The van der Waals surface area contributed by atoms with E-state index in [1.807, 2.05) is 0 Å². The molecule has 1 aliphatic rings. The molecule has 2 aromatic rings. The van der Waals surface area contributed by atoms with E-state index < -0.39 is 0 Å². The number of hydrogen-bond donors (Lipinski definition) is 1. The maximum Gasteiger partial charge on any atom is 0.0692 e. The van der Waals surface area contributed by atoms with Gasteiger partial charge in [0, 0.05) is 18.1 Å². The molecule has 1 aliphatic carbocycles. The highest BCUT2D eigenvalue weighted by atomic mass is 15.4. The predicted molar refractivity (Wildman–Crippen MR) is 68.1 cm³/mol. The Morgan fingerprint density at radius 3 is 2.81 bits per heavy atom. The Labute approximate surface area is 96.2 Å². The van der Waals surface area contributed by atoms with Gasteiger partial charge in [-0.25, -0.2) is 0 Å². The van der Waals surface area contributed by atoms with Crippen LogP contribution >= 0.6 is 0 Å². The third kappa shape index (κ3) is 1.80. The molecule has 0 bridgehead atoms. The number of rotatable bonds is 3. The standard InChI is InChI=1S/C14H18N2/c1-2-6-12(5-1)11-15-16-10-9-13-7-3-4-8-14(13)16/h3-4,7-10,12,15H,1-2,5-6,11H2. The number of aromatic nitrogens is 1. The van der Waals surface area contributed by atoms with Crippen molar-refractivity contribution in [2.75, 3.05) is 12.0 Å². The summed E-state index contributed by atoms with van der Waals surface area (Å²) >= 11 is 0. The molecule has 0 spiro atoms. The van der Waals surface area contributed by atoms with Crippen LogP contribution < -0.4 is 5.43 Å². The van der Waals surface area contributed by atoms with E-state index in [2.05, 4.69) is 46.6 Å². The van der Waals surface area contributed by atoms with Crippen molar-refractivity contribution in [1.29, 1.82) is 0 Å². The summed E-state index contributed by atoms with van der Waals surface area (Å²) in [5, 5.41) is 1.31. The second kappa shape index (κ2) is 4.20. The fourth-order valence-corrected chi connectivity index (χ4v) is 2.66. The summed E-state index contributed by atoms with van der Waals surface area (Å²) in [6.45, 7) is 1.11. The molecule has 0 radical (unpaired) electrons. The lowest BCUT2D eigenvalue weighted by Gasteiger charge is -2.13. The minimum absolute atomic E-state index is 0.876. The number of nitrogens with one attached hydrogen (secondary N) is 1. The maximum atomic E-state index is 3.53. The predicted octanol–water partition coefficient (Wildman–Crippen LogP) is 3.38. The molecule has 84 valence electrons. The lowest BCUT2D eigenvalue weighted by Crippen LogP contribution is -2.20. The number of fused-ring (bicyclic) bond motifs is 1. The van der Waals surface area contributed by atoms with Crippen LogP contribution in [0, 0.1) is 5.92 Å². The molecular formula is C14H18N2. The molecule has 0 unspecified atom stereocenters. The van der Waals surface area contributed by atoms with Gasteiger partial charge in [-0.3, -0.25) is 4.68 Å². The van der Waals surface area contributed by atoms with Crippen LogP contribution in [0.2, 0.25) is 0 Å². The lowest BCUT2D eigenvalue weighted by molar-refractivity contribution is 0.556. The van der Waals surface area contributed by atoms with Crippen LogP contribution in [-0.2, 0) is 0 Å². The van der Waals surface area contributed by atoms with Gasteiger partial charge in [0.05, 0.1) is 5.52 Å².